The van der Waals surface area contributed by atoms with Crippen LogP contribution in [0, 0.1) is 0 Å². The molecule has 1 aromatic heterocycles. The van der Waals surface area contributed by atoms with Crippen molar-refractivity contribution in [2.75, 3.05) is 11.6 Å². The number of anilines is 1. The van der Waals surface area contributed by atoms with Crippen LogP contribution in [0.4, 0.5) is 5.69 Å². The van der Waals surface area contributed by atoms with Crippen molar-refractivity contribution < 1.29 is 4.79 Å². The summed E-state index contributed by atoms with van der Waals surface area (Å²) in [6.07, 6.45) is 3.59. The first-order valence-corrected chi connectivity index (χ1v) is 7.28. The normalized spacial score (nSPS) is 10.1. The van der Waals surface area contributed by atoms with Crippen molar-refractivity contribution in [3.63, 3.8) is 0 Å². The first kappa shape index (κ1) is 13.1. The molecule has 1 aromatic carbocycles. The minimum atomic E-state index is -0.222. The summed E-state index contributed by atoms with van der Waals surface area (Å²) < 4.78 is 0.684. The summed E-state index contributed by atoms with van der Waals surface area (Å²) in [5, 5.41) is 2.83. The number of carbonyl (C=O) groups is 1. The van der Waals surface area contributed by atoms with Crippen LogP contribution in [0.25, 0.3) is 0 Å². The molecule has 0 radical (unpaired) electrons. The zero-order valence-corrected chi connectivity index (χ0v) is 12.1. The summed E-state index contributed by atoms with van der Waals surface area (Å²) in [6.45, 7) is 0. The van der Waals surface area contributed by atoms with E-state index in [0.29, 0.717) is 10.2 Å². The summed E-state index contributed by atoms with van der Waals surface area (Å²) >= 11 is 4.94. The van der Waals surface area contributed by atoms with E-state index < -0.39 is 0 Å². The minimum Gasteiger partial charge on any atom is -0.321 e. The van der Waals surface area contributed by atoms with E-state index in [9.17, 15) is 4.79 Å². The van der Waals surface area contributed by atoms with Crippen LogP contribution < -0.4 is 5.32 Å². The molecular formula is C13H11BrN2OS. The van der Waals surface area contributed by atoms with Crippen molar-refractivity contribution in [2.24, 2.45) is 0 Å². The molecule has 0 saturated heterocycles. The number of carbonyl (C=O) groups excluding carboxylic acids is 1. The van der Waals surface area contributed by atoms with E-state index in [1.165, 1.54) is 0 Å². The van der Waals surface area contributed by atoms with Gasteiger partial charge < -0.3 is 5.32 Å². The Bertz CT molecular complexity index is 574. The maximum Gasteiger partial charge on any atom is 0.275 e. The largest absolute Gasteiger partial charge is 0.321 e. The van der Waals surface area contributed by atoms with E-state index in [1.54, 1.807) is 30.1 Å². The van der Waals surface area contributed by atoms with Crippen molar-refractivity contribution in [1.82, 2.24) is 4.98 Å². The van der Waals surface area contributed by atoms with E-state index in [0.717, 1.165) is 10.6 Å². The number of nitrogens with one attached hydrogen (secondary N) is 1. The molecule has 0 aliphatic heterocycles. The third kappa shape index (κ3) is 3.11. The molecule has 92 valence electrons. The van der Waals surface area contributed by atoms with Gasteiger partial charge in [-0.15, -0.1) is 11.8 Å². The Morgan fingerprint density at radius 1 is 1.33 bits per heavy atom. The number of pyridine rings is 1. The van der Waals surface area contributed by atoms with E-state index in [4.69, 9.17) is 0 Å². The van der Waals surface area contributed by atoms with E-state index in [2.05, 4.69) is 26.2 Å². The molecule has 0 fully saturated rings. The molecule has 2 rings (SSSR count). The highest BCUT2D eigenvalue weighted by molar-refractivity contribution is 9.10. The summed E-state index contributed by atoms with van der Waals surface area (Å²) in [4.78, 5) is 17.2. The number of benzene rings is 1. The maximum atomic E-state index is 12.0. The predicted molar refractivity (Wildman–Crippen MR) is 78.1 cm³/mol. The molecule has 2 aromatic rings. The maximum absolute atomic E-state index is 12.0. The molecule has 3 nitrogen and oxygen atoms in total. The first-order chi connectivity index (χ1) is 8.70. The molecule has 0 aliphatic carbocycles. The third-order valence-electron chi connectivity index (χ3n) is 2.30. The number of aromatic nitrogens is 1. The van der Waals surface area contributed by atoms with Crippen molar-refractivity contribution in [1.29, 1.82) is 0 Å². The third-order valence-corrected chi connectivity index (χ3v) is 3.67. The van der Waals surface area contributed by atoms with Gasteiger partial charge in [0, 0.05) is 21.3 Å². The molecule has 0 saturated carbocycles. The van der Waals surface area contributed by atoms with E-state index in [-0.39, 0.29) is 5.91 Å². The molecule has 1 heterocycles. The molecule has 1 N–H and O–H groups in total. The second-order valence-electron chi connectivity index (χ2n) is 3.52. The number of hydrogen-bond donors (Lipinski definition) is 1. The van der Waals surface area contributed by atoms with Gasteiger partial charge in [0.1, 0.15) is 5.69 Å². The lowest BCUT2D eigenvalue weighted by Gasteiger charge is -2.06. The second-order valence-corrected chi connectivity index (χ2v) is 5.25. The van der Waals surface area contributed by atoms with Crippen LogP contribution in [-0.2, 0) is 0 Å². The molecule has 0 aliphatic rings. The van der Waals surface area contributed by atoms with Gasteiger partial charge in [-0.25, -0.2) is 4.98 Å². The molecule has 0 spiro atoms. The smallest absolute Gasteiger partial charge is 0.275 e. The fraction of sp³-hybridized carbons (Fsp3) is 0.0769. The molecular weight excluding hydrogens is 312 g/mol. The summed E-state index contributed by atoms with van der Waals surface area (Å²) in [6, 6.07) is 11.3. The molecule has 5 heteroatoms. The van der Waals surface area contributed by atoms with Crippen molar-refractivity contribution >= 4 is 39.3 Å². The average molecular weight is 323 g/mol. The molecule has 0 bridgehead atoms. The number of hydrogen-bond acceptors (Lipinski definition) is 3. The molecule has 0 atom stereocenters. The van der Waals surface area contributed by atoms with Gasteiger partial charge in [0.25, 0.3) is 5.91 Å². The summed E-state index contributed by atoms with van der Waals surface area (Å²) in [5.74, 6) is -0.222. The fourth-order valence-corrected chi connectivity index (χ4v) is 2.34. The predicted octanol–water partition coefficient (Wildman–Crippen LogP) is 3.82. The Balaban J connectivity index is 2.19. The van der Waals surface area contributed by atoms with Crippen LogP contribution in [0.5, 0.6) is 0 Å². The highest BCUT2D eigenvalue weighted by atomic mass is 79.9. The monoisotopic (exact) mass is 322 g/mol. The van der Waals surface area contributed by atoms with Gasteiger partial charge in [-0.3, -0.25) is 4.79 Å². The lowest BCUT2D eigenvalue weighted by molar-refractivity contribution is 0.102. The topological polar surface area (TPSA) is 42.0 Å². The number of thioether (sulfide) groups is 1. The summed E-state index contributed by atoms with van der Waals surface area (Å²) in [7, 11) is 0. The average Bonchev–Trinajstić information content (AvgIpc) is 2.39. The van der Waals surface area contributed by atoms with Crippen LogP contribution in [0.1, 0.15) is 10.5 Å². The van der Waals surface area contributed by atoms with E-state index >= 15 is 0 Å². The van der Waals surface area contributed by atoms with Gasteiger partial charge in [0.2, 0.25) is 0 Å². The Labute approximate surface area is 118 Å². The number of rotatable bonds is 3. The minimum absolute atomic E-state index is 0.222. The molecule has 0 unspecified atom stereocenters. The lowest BCUT2D eigenvalue weighted by atomic mass is 10.3. The van der Waals surface area contributed by atoms with Crippen LogP contribution in [0.15, 0.2) is 52.0 Å². The van der Waals surface area contributed by atoms with Gasteiger partial charge in [0.05, 0.1) is 0 Å². The van der Waals surface area contributed by atoms with Crippen LogP contribution in [0.2, 0.25) is 0 Å². The highest BCUT2D eigenvalue weighted by Crippen LogP contribution is 2.20. The quantitative estimate of drug-likeness (QED) is 0.873. The number of nitrogens with zero attached hydrogens (tertiary/aromatic N) is 1. The lowest BCUT2D eigenvalue weighted by Crippen LogP contribution is -2.14. The van der Waals surface area contributed by atoms with Crippen LogP contribution >= 0.6 is 27.7 Å². The Hall–Kier alpha value is -1.33. The van der Waals surface area contributed by atoms with Crippen molar-refractivity contribution in [3.8, 4) is 0 Å². The van der Waals surface area contributed by atoms with Crippen molar-refractivity contribution in [2.45, 2.75) is 4.90 Å². The van der Waals surface area contributed by atoms with Gasteiger partial charge in [-0.2, -0.15) is 0 Å². The van der Waals surface area contributed by atoms with E-state index in [1.807, 2.05) is 30.5 Å². The number of halogens is 1. The second kappa shape index (κ2) is 6.02. The molecule has 18 heavy (non-hydrogen) atoms. The Morgan fingerprint density at radius 3 is 2.89 bits per heavy atom. The van der Waals surface area contributed by atoms with Crippen molar-refractivity contribution in [3.05, 3.63) is 52.8 Å². The van der Waals surface area contributed by atoms with Gasteiger partial charge in [0.15, 0.2) is 0 Å². The highest BCUT2D eigenvalue weighted by Gasteiger charge is 2.11. The Kier molecular flexibility index (Phi) is 4.38. The van der Waals surface area contributed by atoms with Crippen LogP contribution in [0.3, 0.4) is 0 Å². The Morgan fingerprint density at radius 2 is 2.17 bits per heavy atom. The first-order valence-electron chi connectivity index (χ1n) is 5.26. The zero-order valence-electron chi connectivity index (χ0n) is 9.68. The standard InChI is InChI=1S/C13H11BrN2OS/c1-18-10-5-2-4-9(8-10)16-13(17)12-11(14)6-3-7-15-12/h2-8H,1H3,(H,16,17). The van der Waals surface area contributed by atoms with Gasteiger partial charge >= 0.3 is 0 Å². The van der Waals surface area contributed by atoms with Crippen LogP contribution in [-0.4, -0.2) is 17.1 Å². The number of amides is 1. The summed E-state index contributed by atoms with van der Waals surface area (Å²) in [5.41, 5.74) is 1.15. The molecule has 1 amide bonds. The zero-order chi connectivity index (χ0) is 13.0. The van der Waals surface area contributed by atoms with Gasteiger partial charge in [-0.05, 0) is 52.5 Å². The van der Waals surface area contributed by atoms with Gasteiger partial charge in [-0.1, -0.05) is 6.07 Å². The SMILES string of the molecule is CSc1cccc(NC(=O)c2ncccc2Br)c1. The fourth-order valence-electron chi connectivity index (χ4n) is 1.44.